The van der Waals surface area contributed by atoms with Gasteiger partial charge in [-0.1, -0.05) is 0 Å². The molecular formula is C10H11N3O4S. The van der Waals surface area contributed by atoms with Crippen LogP contribution in [0.2, 0.25) is 0 Å². The zero-order chi connectivity index (χ0) is 13.3. The molecular weight excluding hydrogens is 258 g/mol. The van der Waals surface area contributed by atoms with Gasteiger partial charge < -0.3 is 15.3 Å². The highest BCUT2D eigenvalue weighted by Crippen LogP contribution is 2.17. The number of nitrogens with one attached hydrogen (secondary N) is 1. The monoisotopic (exact) mass is 269 g/mol. The topological polar surface area (TPSA) is 99.6 Å². The number of aliphatic carboxylic acids is 1. The SMILES string of the molecule is Cc1ncc(C(=O)N2CC(=O)NCC2C(=O)O)s1. The molecule has 96 valence electrons. The van der Waals surface area contributed by atoms with Gasteiger partial charge >= 0.3 is 5.97 Å². The van der Waals surface area contributed by atoms with Gasteiger partial charge in [-0.15, -0.1) is 11.3 Å². The first kappa shape index (κ1) is 12.5. The van der Waals surface area contributed by atoms with Crippen LogP contribution in [0.25, 0.3) is 0 Å². The predicted octanol–water partition coefficient (Wildman–Crippen LogP) is -0.523. The van der Waals surface area contributed by atoms with Crippen molar-refractivity contribution in [1.29, 1.82) is 0 Å². The molecule has 0 aliphatic carbocycles. The number of rotatable bonds is 2. The van der Waals surface area contributed by atoms with Crippen LogP contribution in [0.1, 0.15) is 14.7 Å². The standard InChI is InChI=1S/C10H11N3O4S/c1-5-11-3-7(18-5)9(15)13-4-8(14)12-2-6(13)10(16)17/h3,6H,2,4H2,1H3,(H,12,14)(H,16,17). The molecule has 1 atom stereocenters. The molecule has 7 nitrogen and oxygen atoms in total. The van der Waals surface area contributed by atoms with Gasteiger partial charge in [-0.3, -0.25) is 9.59 Å². The van der Waals surface area contributed by atoms with Crippen LogP contribution in [0.5, 0.6) is 0 Å². The lowest BCUT2D eigenvalue weighted by Gasteiger charge is -2.32. The zero-order valence-electron chi connectivity index (χ0n) is 9.54. The molecule has 1 unspecified atom stereocenters. The molecule has 0 bridgehead atoms. The fourth-order valence-corrected chi connectivity index (χ4v) is 2.41. The van der Waals surface area contributed by atoms with Crippen molar-refractivity contribution in [2.75, 3.05) is 13.1 Å². The normalized spacial score (nSPS) is 19.5. The number of amides is 2. The average molecular weight is 269 g/mol. The van der Waals surface area contributed by atoms with Crippen LogP contribution < -0.4 is 5.32 Å². The van der Waals surface area contributed by atoms with Crippen LogP contribution in [0.4, 0.5) is 0 Å². The Bertz CT molecular complexity index is 513. The molecule has 0 radical (unpaired) electrons. The van der Waals surface area contributed by atoms with Crippen molar-refractivity contribution in [2.45, 2.75) is 13.0 Å². The van der Waals surface area contributed by atoms with E-state index in [1.165, 1.54) is 17.5 Å². The molecule has 1 saturated heterocycles. The van der Waals surface area contributed by atoms with E-state index >= 15 is 0 Å². The highest BCUT2D eigenvalue weighted by atomic mass is 32.1. The van der Waals surface area contributed by atoms with Gasteiger partial charge in [0.05, 0.1) is 11.2 Å². The van der Waals surface area contributed by atoms with Crippen LogP contribution in [0, 0.1) is 6.92 Å². The molecule has 8 heteroatoms. The maximum absolute atomic E-state index is 12.1. The number of piperazine rings is 1. The third kappa shape index (κ3) is 2.33. The molecule has 0 aromatic carbocycles. The number of carbonyl (C=O) groups is 3. The fourth-order valence-electron chi connectivity index (χ4n) is 1.68. The molecule has 2 rings (SSSR count). The number of carboxylic acid groups (broad SMARTS) is 1. The first-order chi connectivity index (χ1) is 8.49. The smallest absolute Gasteiger partial charge is 0.328 e. The van der Waals surface area contributed by atoms with Crippen molar-refractivity contribution in [3.8, 4) is 0 Å². The Morgan fingerprint density at radius 1 is 1.61 bits per heavy atom. The van der Waals surface area contributed by atoms with Crippen molar-refractivity contribution in [1.82, 2.24) is 15.2 Å². The van der Waals surface area contributed by atoms with Gasteiger partial charge in [0.25, 0.3) is 5.91 Å². The number of nitrogens with zero attached hydrogens (tertiary/aromatic N) is 2. The zero-order valence-corrected chi connectivity index (χ0v) is 10.4. The van der Waals surface area contributed by atoms with Gasteiger partial charge in [0.1, 0.15) is 17.5 Å². The number of thiazole rings is 1. The van der Waals surface area contributed by atoms with Crippen molar-refractivity contribution >= 4 is 29.1 Å². The number of carboxylic acids is 1. The highest BCUT2D eigenvalue weighted by Gasteiger charge is 2.36. The van der Waals surface area contributed by atoms with E-state index in [4.69, 9.17) is 5.11 Å². The van der Waals surface area contributed by atoms with Crippen molar-refractivity contribution in [2.24, 2.45) is 0 Å². The van der Waals surface area contributed by atoms with E-state index in [9.17, 15) is 14.4 Å². The summed E-state index contributed by atoms with van der Waals surface area (Å²) < 4.78 is 0. The second kappa shape index (κ2) is 4.73. The quantitative estimate of drug-likeness (QED) is 0.752. The average Bonchev–Trinajstić information content (AvgIpc) is 2.74. The van der Waals surface area contributed by atoms with Gasteiger partial charge in [-0.25, -0.2) is 9.78 Å². The number of carbonyl (C=O) groups excluding carboxylic acids is 2. The number of aryl methyl sites for hydroxylation is 1. The van der Waals surface area contributed by atoms with Gasteiger partial charge in [-0.05, 0) is 6.92 Å². The maximum atomic E-state index is 12.1. The molecule has 0 spiro atoms. The Kier molecular flexibility index (Phi) is 3.28. The Labute approximate surface area is 106 Å². The van der Waals surface area contributed by atoms with Crippen LogP contribution in [0.3, 0.4) is 0 Å². The summed E-state index contributed by atoms with van der Waals surface area (Å²) in [6.07, 6.45) is 1.40. The van der Waals surface area contributed by atoms with E-state index < -0.39 is 17.9 Å². The lowest BCUT2D eigenvalue weighted by atomic mass is 10.2. The van der Waals surface area contributed by atoms with Gasteiger partial charge in [0, 0.05) is 6.54 Å². The summed E-state index contributed by atoms with van der Waals surface area (Å²) in [7, 11) is 0. The molecule has 2 N–H and O–H groups in total. The van der Waals surface area contributed by atoms with Crippen LogP contribution in [-0.2, 0) is 9.59 Å². The summed E-state index contributed by atoms with van der Waals surface area (Å²) in [5.41, 5.74) is 0. The summed E-state index contributed by atoms with van der Waals surface area (Å²) in [5, 5.41) is 12.2. The summed E-state index contributed by atoms with van der Waals surface area (Å²) >= 11 is 1.18. The van der Waals surface area contributed by atoms with E-state index in [1.54, 1.807) is 6.92 Å². The summed E-state index contributed by atoms with van der Waals surface area (Å²) in [6.45, 7) is 1.43. The molecule has 2 heterocycles. The third-order valence-corrected chi connectivity index (χ3v) is 3.46. The van der Waals surface area contributed by atoms with Crippen LogP contribution in [0.15, 0.2) is 6.20 Å². The van der Waals surface area contributed by atoms with Gasteiger partial charge in [-0.2, -0.15) is 0 Å². The lowest BCUT2D eigenvalue weighted by molar-refractivity contribution is -0.144. The molecule has 1 fully saturated rings. The van der Waals surface area contributed by atoms with E-state index in [2.05, 4.69) is 10.3 Å². The first-order valence-electron chi connectivity index (χ1n) is 5.22. The molecule has 1 aliphatic rings. The Hall–Kier alpha value is -1.96. The fraction of sp³-hybridized carbons (Fsp3) is 0.400. The molecule has 1 aliphatic heterocycles. The second-order valence-electron chi connectivity index (χ2n) is 3.83. The molecule has 2 amide bonds. The highest BCUT2D eigenvalue weighted by molar-refractivity contribution is 7.13. The van der Waals surface area contributed by atoms with Crippen LogP contribution >= 0.6 is 11.3 Å². The van der Waals surface area contributed by atoms with Crippen molar-refractivity contribution in [3.63, 3.8) is 0 Å². The maximum Gasteiger partial charge on any atom is 0.328 e. The third-order valence-electron chi connectivity index (χ3n) is 2.56. The predicted molar refractivity (Wildman–Crippen MR) is 62.3 cm³/mol. The summed E-state index contributed by atoms with van der Waals surface area (Å²) in [5.74, 6) is -1.96. The Balaban J connectivity index is 2.25. The Morgan fingerprint density at radius 3 is 2.89 bits per heavy atom. The first-order valence-corrected chi connectivity index (χ1v) is 6.03. The van der Waals surface area contributed by atoms with E-state index in [-0.39, 0.29) is 19.0 Å². The Morgan fingerprint density at radius 2 is 2.33 bits per heavy atom. The minimum Gasteiger partial charge on any atom is -0.480 e. The molecule has 1 aromatic heterocycles. The summed E-state index contributed by atoms with van der Waals surface area (Å²) in [4.78, 5) is 39.8. The largest absolute Gasteiger partial charge is 0.480 e. The van der Waals surface area contributed by atoms with Crippen LogP contribution in [-0.4, -0.2) is 51.9 Å². The number of hydrogen-bond acceptors (Lipinski definition) is 5. The lowest BCUT2D eigenvalue weighted by Crippen LogP contribution is -2.59. The van der Waals surface area contributed by atoms with E-state index in [1.807, 2.05) is 0 Å². The molecule has 18 heavy (non-hydrogen) atoms. The number of aromatic nitrogens is 1. The second-order valence-corrected chi connectivity index (χ2v) is 5.07. The molecule has 1 aromatic rings. The van der Waals surface area contributed by atoms with Crippen molar-refractivity contribution < 1.29 is 19.5 Å². The van der Waals surface area contributed by atoms with Gasteiger partial charge in [0.2, 0.25) is 5.91 Å². The number of hydrogen-bond donors (Lipinski definition) is 2. The summed E-state index contributed by atoms with van der Waals surface area (Å²) in [6, 6.07) is -1.03. The molecule has 0 saturated carbocycles. The van der Waals surface area contributed by atoms with E-state index in [0.29, 0.717) is 9.88 Å². The minimum absolute atomic E-state index is 0.0717. The minimum atomic E-state index is -1.13. The van der Waals surface area contributed by atoms with E-state index in [0.717, 1.165) is 4.90 Å². The van der Waals surface area contributed by atoms with Gasteiger partial charge in [0.15, 0.2) is 0 Å². The van der Waals surface area contributed by atoms with Crippen molar-refractivity contribution in [3.05, 3.63) is 16.1 Å².